The van der Waals surface area contributed by atoms with Gasteiger partial charge in [0.15, 0.2) is 0 Å². The number of ether oxygens (including phenoxy) is 1. The van der Waals surface area contributed by atoms with Crippen LogP contribution in [0.2, 0.25) is 5.02 Å². The third kappa shape index (κ3) is 4.22. The Balaban J connectivity index is 2.06. The van der Waals surface area contributed by atoms with E-state index in [0.717, 1.165) is 16.9 Å². The third-order valence-corrected chi connectivity index (χ3v) is 4.92. The minimum Gasteiger partial charge on any atom is -0.496 e. The lowest BCUT2D eigenvalue weighted by Crippen LogP contribution is -2.26. The van der Waals surface area contributed by atoms with E-state index in [-0.39, 0.29) is 11.4 Å². The van der Waals surface area contributed by atoms with Crippen LogP contribution in [0.1, 0.15) is 11.1 Å². The molecule has 0 aromatic heterocycles. The zero-order chi connectivity index (χ0) is 16.2. The standard InChI is InChI=1S/C16H18ClNO3S/c1-12-6-7-16(21-2)13(10-12)8-9-18-22(19,20)15-5-3-4-14(17)11-15/h3-7,10-11,18H,8-9H2,1-2H3. The molecule has 0 heterocycles. The molecule has 0 aliphatic rings. The Morgan fingerprint density at radius 1 is 1.18 bits per heavy atom. The van der Waals surface area contributed by atoms with Crippen LogP contribution in [0.25, 0.3) is 0 Å². The molecule has 4 nitrogen and oxygen atoms in total. The Morgan fingerprint density at radius 2 is 1.95 bits per heavy atom. The van der Waals surface area contributed by atoms with Gasteiger partial charge in [-0.05, 0) is 43.2 Å². The zero-order valence-corrected chi connectivity index (χ0v) is 14.0. The van der Waals surface area contributed by atoms with E-state index in [1.165, 1.54) is 12.1 Å². The Labute approximate surface area is 136 Å². The van der Waals surface area contributed by atoms with E-state index in [1.54, 1.807) is 19.2 Å². The Kier molecular flexibility index (Phi) is 5.45. The number of hydrogen-bond acceptors (Lipinski definition) is 3. The summed E-state index contributed by atoms with van der Waals surface area (Å²) in [7, 11) is -1.96. The Bertz CT molecular complexity index is 760. The van der Waals surface area contributed by atoms with Crippen molar-refractivity contribution >= 4 is 21.6 Å². The summed E-state index contributed by atoms with van der Waals surface area (Å²) < 4.78 is 32.3. The first-order chi connectivity index (χ1) is 10.4. The van der Waals surface area contributed by atoms with E-state index in [9.17, 15) is 8.42 Å². The maximum absolute atomic E-state index is 12.2. The molecule has 0 saturated heterocycles. The maximum atomic E-state index is 12.2. The lowest BCUT2D eigenvalue weighted by atomic mass is 10.1. The van der Waals surface area contributed by atoms with Gasteiger partial charge in [-0.2, -0.15) is 0 Å². The largest absolute Gasteiger partial charge is 0.496 e. The smallest absolute Gasteiger partial charge is 0.240 e. The molecular weight excluding hydrogens is 322 g/mol. The molecule has 2 aromatic rings. The minimum absolute atomic E-state index is 0.163. The zero-order valence-electron chi connectivity index (χ0n) is 12.5. The van der Waals surface area contributed by atoms with Gasteiger partial charge in [0.1, 0.15) is 5.75 Å². The van der Waals surface area contributed by atoms with Gasteiger partial charge in [0.05, 0.1) is 12.0 Å². The predicted molar refractivity (Wildman–Crippen MR) is 88.1 cm³/mol. The molecule has 0 aliphatic carbocycles. The van der Waals surface area contributed by atoms with Crippen LogP contribution in [0, 0.1) is 6.92 Å². The molecule has 2 rings (SSSR count). The minimum atomic E-state index is -3.56. The van der Waals surface area contributed by atoms with Crippen molar-refractivity contribution in [3.63, 3.8) is 0 Å². The van der Waals surface area contributed by atoms with E-state index in [1.807, 2.05) is 25.1 Å². The van der Waals surface area contributed by atoms with Crippen molar-refractivity contribution in [2.24, 2.45) is 0 Å². The fourth-order valence-corrected chi connectivity index (χ4v) is 3.47. The molecule has 0 fully saturated rings. The Hall–Kier alpha value is -1.56. The molecule has 2 aromatic carbocycles. The number of sulfonamides is 1. The number of nitrogens with one attached hydrogen (secondary N) is 1. The summed E-state index contributed by atoms with van der Waals surface area (Å²) in [6, 6.07) is 12.0. The highest BCUT2D eigenvalue weighted by Crippen LogP contribution is 2.20. The van der Waals surface area contributed by atoms with Gasteiger partial charge < -0.3 is 4.74 Å². The average Bonchev–Trinajstić information content (AvgIpc) is 2.47. The second kappa shape index (κ2) is 7.13. The molecule has 0 spiro atoms. The van der Waals surface area contributed by atoms with Crippen molar-refractivity contribution in [2.75, 3.05) is 13.7 Å². The molecule has 0 radical (unpaired) electrons. The van der Waals surface area contributed by atoms with Crippen LogP contribution in [0.4, 0.5) is 0 Å². The number of methoxy groups -OCH3 is 1. The number of hydrogen-bond donors (Lipinski definition) is 1. The first-order valence-electron chi connectivity index (χ1n) is 6.81. The lowest BCUT2D eigenvalue weighted by Gasteiger charge is -2.11. The van der Waals surface area contributed by atoms with Crippen molar-refractivity contribution in [3.05, 3.63) is 58.6 Å². The molecular formula is C16H18ClNO3S. The molecule has 1 N–H and O–H groups in total. The summed E-state index contributed by atoms with van der Waals surface area (Å²) in [4.78, 5) is 0.163. The summed E-state index contributed by atoms with van der Waals surface area (Å²) in [6.45, 7) is 2.27. The SMILES string of the molecule is COc1ccc(C)cc1CCNS(=O)(=O)c1cccc(Cl)c1. The quantitative estimate of drug-likeness (QED) is 0.879. The highest BCUT2D eigenvalue weighted by Gasteiger charge is 2.14. The van der Waals surface area contributed by atoms with Gasteiger partial charge in [0.25, 0.3) is 0 Å². The van der Waals surface area contributed by atoms with Crippen molar-refractivity contribution in [2.45, 2.75) is 18.2 Å². The summed E-state index contributed by atoms with van der Waals surface area (Å²) in [5, 5.41) is 0.392. The summed E-state index contributed by atoms with van der Waals surface area (Å²) in [6.07, 6.45) is 0.546. The second-order valence-electron chi connectivity index (χ2n) is 4.92. The van der Waals surface area contributed by atoms with Crippen molar-refractivity contribution in [1.82, 2.24) is 4.72 Å². The molecule has 0 atom stereocenters. The summed E-state index contributed by atoms with van der Waals surface area (Å²) >= 11 is 5.83. The third-order valence-electron chi connectivity index (χ3n) is 3.23. The first-order valence-corrected chi connectivity index (χ1v) is 8.67. The molecule has 0 amide bonds. The number of benzene rings is 2. The van der Waals surface area contributed by atoms with Crippen molar-refractivity contribution < 1.29 is 13.2 Å². The van der Waals surface area contributed by atoms with E-state index >= 15 is 0 Å². The van der Waals surface area contributed by atoms with Gasteiger partial charge in [-0.3, -0.25) is 0 Å². The van der Waals surface area contributed by atoms with Crippen LogP contribution in [0.15, 0.2) is 47.4 Å². The number of rotatable bonds is 6. The van der Waals surface area contributed by atoms with Gasteiger partial charge in [-0.1, -0.05) is 35.4 Å². The van der Waals surface area contributed by atoms with E-state index < -0.39 is 10.0 Å². The fourth-order valence-electron chi connectivity index (χ4n) is 2.14. The highest BCUT2D eigenvalue weighted by atomic mass is 35.5. The topological polar surface area (TPSA) is 55.4 Å². The van der Waals surface area contributed by atoms with Gasteiger partial charge >= 0.3 is 0 Å². The van der Waals surface area contributed by atoms with Crippen LogP contribution in [0.5, 0.6) is 5.75 Å². The lowest BCUT2D eigenvalue weighted by molar-refractivity contribution is 0.409. The van der Waals surface area contributed by atoms with E-state index in [0.29, 0.717) is 11.4 Å². The van der Waals surface area contributed by atoms with E-state index in [2.05, 4.69) is 4.72 Å². The molecule has 0 saturated carbocycles. The average molecular weight is 340 g/mol. The van der Waals surface area contributed by atoms with Gasteiger partial charge in [0.2, 0.25) is 10.0 Å². The molecule has 0 unspecified atom stereocenters. The molecule has 118 valence electrons. The monoisotopic (exact) mass is 339 g/mol. The fraction of sp³-hybridized carbons (Fsp3) is 0.250. The van der Waals surface area contributed by atoms with Crippen LogP contribution >= 0.6 is 11.6 Å². The first kappa shape index (κ1) is 16.8. The number of aryl methyl sites for hydroxylation is 1. The molecule has 0 bridgehead atoms. The van der Waals surface area contributed by atoms with Crippen LogP contribution in [0.3, 0.4) is 0 Å². The predicted octanol–water partition coefficient (Wildman–Crippen LogP) is 3.18. The van der Waals surface area contributed by atoms with Crippen molar-refractivity contribution in [1.29, 1.82) is 0 Å². The summed E-state index contributed by atoms with van der Waals surface area (Å²) in [5.41, 5.74) is 2.07. The Morgan fingerprint density at radius 3 is 2.64 bits per heavy atom. The van der Waals surface area contributed by atoms with Crippen LogP contribution < -0.4 is 9.46 Å². The van der Waals surface area contributed by atoms with Crippen LogP contribution in [-0.4, -0.2) is 22.1 Å². The maximum Gasteiger partial charge on any atom is 0.240 e. The van der Waals surface area contributed by atoms with Gasteiger partial charge in [0, 0.05) is 11.6 Å². The van der Waals surface area contributed by atoms with E-state index in [4.69, 9.17) is 16.3 Å². The summed E-state index contributed by atoms with van der Waals surface area (Å²) in [5.74, 6) is 0.757. The van der Waals surface area contributed by atoms with Gasteiger partial charge in [-0.25, -0.2) is 13.1 Å². The normalized spacial score (nSPS) is 11.4. The molecule has 22 heavy (non-hydrogen) atoms. The van der Waals surface area contributed by atoms with Crippen molar-refractivity contribution in [3.8, 4) is 5.75 Å². The number of halogens is 1. The molecule has 6 heteroatoms. The highest BCUT2D eigenvalue weighted by molar-refractivity contribution is 7.89. The molecule has 0 aliphatic heterocycles. The second-order valence-corrected chi connectivity index (χ2v) is 7.12. The van der Waals surface area contributed by atoms with Crippen LogP contribution in [-0.2, 0) is 16.4 Å². The van der Waals surface area contributed by atoms with Gasteiger partial charge in [-0.15, -0.1) is 0 Å².